The van der Waals surface area contributed by atoms with Crippen molar-refractivity contribution in [3.05, 3.63) is 77.6 Å². The highest BCUT2D eigenvalue weighted by Crippen LogP contribution is 2.16. The predicted molar refractivity (Wildman–Crippen MR) is 86.7 cm³/mol. The van der Waals surface area contributed by atoms with Crippen LogP contribution in [-0.4, -0.2) is 10.8 Å². The van der Waals surface area contributed by atoms with Crippen molar-refractivity contribution in [1.82, 2.24) is 4.98 Å². The van der Waals surface area contributed by atoms with Crippen LogP contribution in [0.4, 0.5) is 0 Å². The summed E-state index contributed by atoms with van der Waals surface area (Å²) in [5, 5.41) is 2.45. The van der Waals surface area contributed by atoms with Crippen molar-refractivity contribution in [2.75, 3.05) is 0 Å². The van der Waals surface area contributed by atoms with E-state index in [2.05, 4.69) is 35.3 Å². The summed E-state index contributed by atoms with van der Waals surface area (Å²) in [4.78, 5) is 15.3. The molecule has 0 fully saturated rings. The third kappa shape index (κ3) is 3.38. The van der Waals surface area contributed by atoms with Gasteiger partial charge in [-0.05, 0) is 34.0 Å². The molecule has 3 heteroatoms. The van der Waals surface area contributed by atoms with E-state index in [0.29, 0.717) is 18.9 Å². The van der Waals surface area contributed by atoms with E-state index in [9.17, 15) is 4.79 Å². The Balaban J connectivity index is 1.60. The molecule has 0 aliphatic carbocycles. The minimum atomic E-state index is -0.0244. The maximum absolute atomic E-state index is 11.2. The van der Waals surface area contributed by atoms with Crippen LogP contribution in [0.2, 0.25) is 0 Å². The topological polar surface area (TPSA) is 39.2 Å². The second-order valence-electron chi connectivity index (χ2n) is 5.28. The van der Waals surface area contributed by atoms with E-state index >= 15 is 0 Å². The molecule has 0 aliphatic heterocycles. The highest BCUT2D eigenvalue weighted by Gasteiger charge is 2.01. The lowest BCUT2D eigenvalue weighted by molar-refractivity contribution is 0.101. The molecule has 3 rings (SSSR count). The number of hydrogen-bond acceptors (Lipinski definition) is 3. The van der Waals surface area contributed by atoms with Gasteiger partial charge in [0.1, 0.15) is 5.69 Å². The second-order valence-corrected chi connectivity index (χ2v) is 5.28. The van der Waals surface area contributed by atoms with Gasteiger partial charge in [-0.25, -0.2) is 0 Å². The van der Waals surface area contributed by atoms with E-state index in [-0.39, 0.29) is 5.78 Å². The van der Waals surface area contributed by atoms with Crippen LogP contribution in [-0.2, 0) is 18.0 Å². The van der Waals surface area contributed by atoms with Crippen LogP contribution in [0.1, 0.15) is 28.5 Å². The number of nitrogens with zero attached hydrogens (tertiary/aromatic N) is 1. The SMILES string of the molecule is CC(=O)c1ccc(COCc2ccc3ccccc3c2)cn1. The molecule has 3 aromatic rings. The molecule has 0 aliphatic rings. The van der Waals surface area contributed by atoms with Crippen LogP contribution in [0.5, 0.6) is 0 Å². The van der Waals surface area contributed by atoms with Crippen molar-refractivity contribution >= 4 is 16.6 Å². The van der Waals surface area contributed by atoms with Gasteiger partial charge in [0.25, 0.3) is 0 Å². The van der Waals surface area contributed by atoms with Crippen molar-refractivity contribution in [2.45, 2.75) is 20.1 Å². The van der Waals surface area contributed by atoms with Gasteiger partial charge in [0.2, 0.25) is 0 Å². The summed E-state index contributed by atoms with van der Waals surface area (Å²) in [6.07, 6.45) is 1.69. The van der Waals surface area contributed by atoms with Crippen molar-refractivity contribution in [3.63, 3.8) is 0 Å². The highest BCUT2D eigenvalue weighted by molar-refractivity contribution is 5.91. The van der Waals surface area contributed by atoms with Crippen molar-refractivity contribution < 1.29 is 9.53 Å². The summed E-state index contributed by atoms with van der Waals surface area (Å²) in [5.41, 5.74) is 2.59. The smallest absolute Gasteiger partial charge is 0.178 e. The van der Waals surface area contributed by atoms with Gasteiger partial charge in [-0.3, -0.25) is 9.78 Å². The van der Waals surface area contributed by atoms with Gasteiger partial charge in [-0.15, -0.1) is 0 Å². The number of ether oxygens (including phenoxy) is 1. The second kappa shape index (κ2) is 6.50. The summed E-state index contributed by atoms with van der Waals surface area (Å²) < 4.78 is 5.73. The molecule has 0 saturated heterocycles. The number of pyridine rings is 1. The Morgan fingerprint density at radius 3 is 2.41 bits per heavy atom. The minimum absolute atomic E-state index is 0.0244. The maximum Gasteiger partial charge on any atom is 0.178 e. The first-order chi connectivity index (χ1) is 10.7. The standard InChI is InChI=1S/C19H17NO2/c1-14(21)19-9-7-16(11-20-19)13-22-12-15-6-8-17-4-2-3-5-18(17)10-15/h2-11H,12-13H2,1H3. The van der Waals surface area contributed by atoms with E-state index in [1.807, 2.05) is 18.2 Å². The van der Waals surface area contributed by atoms with Crippen LogP contribution in [0.15, 0.2) is 60.8 Å². The minimum Gasteiger partial charge on any atom is -0.372 e. The average Bonchev–Trinajstić information content (AvgIpc) is 2.55. The predicted octanol–water partition coefficient (Wildman–Crippen LogP) is 4.15. The fraction of sp³-hybridized carbons (Fsp3) is 0.158. The lowest BCUT2D eigenvalue weighted by atomic mass is 10.1. The molecular formula is C19H17NO2. The number of ketones is 1. The Labute approximate surface area is 129 Å². The molecular weight excluding hydrogens is 274 g/mol. The van der Waals surface area contributed by atoms with E-state index in [0.717, 1.165) is 11.1 Å². The first-order valence-electron chi connectivity index (χ1n) is 7.24. The number of Topliss-reactive ketones (excluding diaryl/α,β-unsaturated/α-hetero) is 1. The third-order valence-corrected chi connectivity index (χ3v) is 3.54. The Morgan fingerprint density at radius 2 is 1.68 bits per heavy atom. The summed E-state index contributed by atoms with van der Waals surface area (Å²) in [7, 11) is 0. The fourth-order valence-electron chi connectivity index (χ4n) is 2.33. The monoisotopic (exact) mass is 291 g/mol. The molecule has 0 radical (unpaired) electrons. The molecule has 0 bridgehead atoms. The summed E-state index contributed by atoms with van der Waals surface area (Å²) in [5.74, 6) is -0.0244. The summed E-state index contributed by atoms with van der Waals surface area (Å²) in [6.45, 7) is 2.55. The molecule has 0 atom stereocenters. The molecule has 1 heterocycles. The molecule has 1 aromatic heterocycles. The molecule has 3 nitrogen and oxygen atoms in total. The molecule has 22 heavy (non-hydrogen) atoms. The lowest BCUT2D eigenvalue weighted by Gasteiger charge is -2.06. The number of fused-ring (bicyclic) bond motifs is 1. The number of rotatable bonds is 5. The highest BCUT2D eigenvalue weighted by atomic mass is 16.5. The van der Waals surface area contributed by atoms with Gasteiger partial charge in [0.05, 0.1) is 13.2 Å². The van der Waals surface area contributed by atoms with Crippen molar-refractivity contribution in [2.24, 2.45) is 0 Å². The van der Waals surface area contributed by atoms with Crippen LogP contribution >= 0.6 is 0 Å². The third-order valence-electron chi connectivity index (χ3n) is 3.54. The molecule has 0 amide bonds. The number of carbonyl (C=O) groups excluding carboxylic acids is 1. The zero-order chi connectivity index (χ0) is 15.4. The van der Waals surface area contributed by atoms with Crippen LogP contribution < -0.4 is 0 Å². The number of aromatic nitrogens is 1. The van der Waals surface area contributed by atoms with E-state index in [1.54, 1.807) is 12.3 Å². The summed E-state index contributed by atoms with van der Waals surface area (Å²) >= 11 is 0. The average molecular weight is 291 g/mol. The van der Waals surface area contributed by atoms with Gasteiger partial charge >= 0.3 is 0 Å². The van der Waals surface area contributed by atoms with Gasteiger partial charge in [0.15, 0.2) is 5.78 Å². The normalized spacial score (nSPS) is 10.8. The van der Waals surface area contributed by atoms with E-state index < -0.39 is 0 Å². The Morgan fingerprint density at radius 1 is 0.955 bits per heavy atom. The van der Waals surface area contributed by atoms with Crippen molar-refractivity contribution in [1.29, 1.82) is 0 Å². The van der Waals surface area contributed by atoms with Crippen LogP contribution in [0.3, 0.4) is 0 Å². The van der Waals surface area contributed by atoms with Crippen molar-refractivity contribution in [3.8, 4) is 0 Å². The molecule has 0 N–H and O–H groups in total. The Kier molecular flexibility index (Phi) is 4.26. The Bertz CT molecular complexity index is 794. The van der Waals surface area contributed by atoms with E-state index in [4.69, 9.17) is 4.74 Å². The number of carbonyl (C=O) groups is 1. The molecule has 110 valence electrons. The molecule has 2 aromatic carbocycles. The number of benzene rings is 2. The zero-order valence-electron chi connectivity index (χ0n) is 12.5. The van der Waals surface area contributed by atoms with Crippen LogP contribution in [0, 0.1) is 0 Å². The fourth-order valence-corrected chi connectivity index (χ4v) is 2.33. The van der Waals surface area contributed by atoms with Gasteiger partial charge in [-0.2, -0.15) is 0 Å². The van der Waals surface area contributed by atoms with Gasteiger partial charge < -0.3 is 4.74 Å². The van der Waals surface area contributed by atoms with Gasteiger partial charge in [-0.1, -0.05) is 42.5 Å². The lowest BCUT2D eigenvalue weighted by Crippen LogP contribution is -1.99. The van der Waals surface area contributed by atoms with Crippen LogP contribution in [0.25, 0.3) is 10.8 Å². The first-order valence-corrected chi connectivity index (χ1v) is 7.24. The molecule has 0 unspecified atom stereocenters. The molecule has 0 saturated carbocycles. The first kappa shape index (κ1) is 14.4. The summed E-state index contributed by atoms with van der Waals surface area (Å²) in [6, 6.07) is 18.2. The van der Waals surface area contributed by atoms with Gasteiger partial charge in [0, 0.05) is 13.1 Å². The zero-order valence-corrected chi connectivity index (χ0v) is 12.5. The number of hydrogen-bond donors (Lipinski definition) is 0. The van der Waals surface area contributed by atoms with E-state index in [1.165, 1.54) is 17.7 Å². The maximum atomic E-state index is 11.2. The largest absolute Gasteiger partial charge is 0.372 e. The molecule has 0 spiro atoms. The Hall–Kier alpha value is -2.52. The quantitative estimate of drug-likeness (QED) is 0.663.